The van der Waals surface area contributed by atoms with Gasteiger partial charge in [-0.05, 0) is 39.0 Å². The van der Waals surface area contributed by atoms with Crippen molar-refractivity contribution in [3.63, 3.8) is 0 Å². The van der Waals surface area contributed by atoms with Gasteiger partial charge in [0.2, 0.25) is 0 Å². The maximum atomic E-state index is 11.9. The summed E-state index contributed by atoms with van der Waals surface area (Å²) in [7, 11) is 0. The Morgan fingerprint density at radius 1 is 1.30 bits per heavy atom. The molecule has 0 saturated carbocycles. The van der Waals surface area contributed by atoms with Crippen LogP contribution in [0.3, 0.4) is 0 Å². The Kier molecular flexibility index (Phi) is 6.32. The van der Waals surface area contributed by atoms with Crippen LogP contribution >= 0.6 is 0 Å². The predicted octanol–water partition coefficient (Wildman–Crippen LogP) is 1.98. The minimum absolute atomic E-state index is 0.110. The Morgan fingerprint density at radius 2 is 1.96 bits per heavy atom. The van der Waals surface area contributed by atoms with E-state index in [1.807, 2.05) is 0 Å². The monoisotopic (exact) mass is 322 g/mol. The van der Waals surface area contributed by atoms with E-state index in [2.05, 4.69) is 6.58 Å². The van der Waals surface area contributed by atoms with E-state index in [1.54, 1.807) is 6.92 Å². The Labute approximate surface area is 133 Å². The summed E-state index contributed by atoms with van der Waals surface area (Å²) in [5.41, 5.74) is 0.246. The highest BCUT2D eigenvalue weighted by Gasteiger charge is 2.22. The van der Waals surface area contributed by atoms with E-state index in [0.29, 0.717) is 0 Å². The molecule has 0 aromatic heterocycles. The SMILES string of the molecule is C=C(C)C(=O)OC(C)C(=O)Oc1cc(C(=O)OCC)ccc1O. The normalized spacial score (nSPS) is 11.3. The molecule has 0 radical (unpaired) electrons. The third-order valence-electron chi connectivity index (χ3n) is 2.65. The van der Waals surface area contributed by atoms with Crippen LogP contribution in [0, 0.1) is 0 Å². The van der Waals surface area contributed by atoms with Crippen LogP contribution in [0.5, 0.6) is 11.5 Å². The van der Waals surface area contributed by atoms with Gasteiger partial charge in [0.25, 0.3) is 0 Å². The molecule has 124 valence electrons. The molecule has 1 N–H and O–H groups in total. The highest BCUT2D eigenvalue weighted by Crippen LogP contribution is 2.27. The molecule has 0 heterocycles. The molecule has 7 heteroatoms. The first-order valence-electron chi connectivity index (χ1n) is 6.84. The van der Waals surface area contributed by atoms with Gasteiger partial charge in [0, 0.05) is 5.57 Å². The van der Waals surface area contributed by atoms with Gasteiger partial charge >= 0.3 is 17.9 Å². The Hall–Kier alpha value is -2.83. The van der Waals surface area contributed by atoms with E-state index < -0.39 is 24.0 Å². The summed E-state index contributed by atoms with van der Waals surface area (Å²) >= 11 is 0. The number of carbonyl (C=O) groups is 3. The van der Waals surface area contributed by atoms with Crippen molar-refractivity contribution in [1.29, 1.82) is 0 Å². The Morgan fingerprint density at radius 3 is 2.52 bits per heavy atom. The summed E-state index contributed by atoms with van der Waals surface area (Å²) in [6, 6.07) is 3.69. The van der Waals surface area contributed by atoms with Crippen LogP contribution in [0.25, 0.3) is 0 Å². The average Bonchev–Trinajstić information content (AvgIpc) is 2.49. The zero-order valence-electron chi connectivity index (χ0n) is 13.1. The van der Waals surface area contributed by atoms with E-state index >= 15 is 0 Å². The second-order valence-corrected chi connectivity index (χ2v) is 4.65. The third-order valence-corrected chi connectivity index (χ3v) is 2.65. The molecule has 0 fully saturated rings. The van der Waals surface area contributed by atoms with Gasteiger partial charge in [-0.3, -0.25) is 0 Å². The molecular formula is C16H18O7. The summed E-state index contributed by atoms with van der Waals surface area (Å²) in [5, 5.41) is 9.70. The van der Waals surface area contributed by atoms with Gasteiger partial charge in [-0.1, -0.05) is 6.58 Å². The predicted molar refractivity (Wildman–Crippen MR) is 80.1 cm³/mol. The quantitative estimate of drug-likeness (QED) is 0.485. The van der Waals surface area contributed by atoms with Crippen molar-refractivity contribution < 1.29 is 33.7 Å². The molecular weight excluding hydrogens is 304 g/mol. The van der Waals surface area contributed by atoms with E-state index in [1.165, 1.54) is 32.0 Å². The van der Waals surface area contributed by atoms with Crippen molar-refractivity contribution >= 4 is 17.9 Å². The lowest BCUT2D eigenvalue weighted by Crippen LogP contribution is -2.28. The van der Waals surface area contributed by atoms with E-state index in [0.717, 1.165) is 0 Å². The van der Waals surface area contributed by atoms with Crippen molar-refractivity contribution in [2.45, 2.75) is 26.9 Å². The Balaban J connectivity index is 2.85. The van der Waals surface area contributed by atoms with Gasteiger partial charge in [0.05, 0.1) is 12.2 Å². The van der Waals surface area contributed by atoms with Crippen LogP contribution in [0.1, 0.15) is 31.1 Å². The molecule has 1 atom stereocenters. The van der Waals surface area contributed by atoms with Gasteiger partial charge in [0.15, 0.2) is 17.6 Å². The van der Waals surface area contributed by atoms with Crippen molar-refractivity contribution in [3.8, 4) is 11.5 Å². The van der Waals surface area contributed by atoms with Crippen molar-refractivity contribution in [2.75, 3.05) is 6.61 Å². The van der Waals surface area contributed by atoms with Crippen molar-refractivity contribution in [2.24, 2.45) is 0 Å². The second kappa shape index (κ2) is 7.98. The van der Waals surface area contributed by atoms with Crippen LogP contribution in [0.4, 0.5) is 0 Å². The topological polar surface area (TPSA) is 99.1 Å². The van der Waals surface area contributed by atoms with E-state index in [9.17, 15) is 19.5 Å². The van der Waals surface area contributed by atoms with E-state index in [4.69, 9.17) is 14.2 Å². The Bertz CT molecular complexity index is 633. The van der Waals surface area contributed by atoms with Crippen molar-refractivity contribution in [1.82, 2.24) is 0 Å². The second-order valence-electron chi connectivity index (χ2n) is 4.65. The minimum atomic E-state index is -1.20. The summed E-state index contributed by atoms with van der Waals surface area (Å²) in [6.07, 6.45) is -1.20. The van der Waals surface area contributed by atoms with Gasteiger partial charge < -0.3 is 19.3 Å². The first kappa shape index (κ1) is 18.2. The number of esters is 3. The van der Waals surface area contributed by atoms with Crippen LogP contribution in [-0.4, -0.2) is 35.7 Å². The molecule has 1 aromatic rings. The standard InChI is InChI=1S/C16H18O7/c1-5-21-16(20)11-6-7-12(17)13(8-11)23-15(19)10(4)22-14(18)9(2)3/h6-8,10,17H,2,5H2,1,3-4H3. The lowest BCUT2D eigenvalue weighted by atomic mass is 10.2. The first-order valence-corrected chi connectivity index (χ1v) is 6.84. The van der Waals surface area contributed by atoms with Crippen molar-refractivity contribution in [3.05, 3.63) is 35.9 Å². The zero-order chi connectivity index (χ0) is 17.6. The number of phenolic OH excluding ortho intramolecular Hbond substituents is 1. The summed E-state index contributed by atoms with van der Waals surface area (Å²) in [4.78, 5) is 34.9. The maximum absolute atomic E-state index is 11.9. The third kappa shape index (κ3) is 5.14. The highest BCUT2D eigenvalue weighted by molar-refractivity contribution is 5.91. The van der Waals surface area contributed by atoms with E-state index in [-0.39, 0.29) is 29.2 Å². The average molecular weight is 322 g/mol. The number of phenols is 1. The number of ether oxygens (including phenoxy) is 3. The zero-order valence-corrected chi connectivity index (χ0v) is 13.1. The molecule has 0 aliphatic rings. The molecule has 0 aliphatic carbocycles. The van der Waals surface area contributed by atoms with Crippen LogP contribution < -0.4 is 4.74 Å². The van der Waals surface area contributed by atoms with Gasteiger partial charge in [-0.2, -0.15) is 0 Å². The minimum Gasteiger partial charge on any atom is -0.504 e. The van der Waals surface area contributed by atoms with Gasteiger partial charge in [-0.25, -0.2) is 14.4 Å². The van der Waals surface area contributed by atoms with Gasteiger partial charge in [-0.15, -0.1) is 0 Å². The van der Waals surface area contributed by atoms with Crippen LogP contribution in [0.2, 0.25) is 0 Å². The van der Waals surface area contributed by atoms with Gasteiger partial charge in [0.1, 0.15) is 0 Å². The molecule has 0 amide bonds. The molecule has 23 heavy (non-hydrogen) atoms. The van der Waals surface area contributed by atoms with Crippen LogP contribution in [-0.2, 0) is 19.1 Å². The number of benzene rings is 1. The fourth-order valence-corrected chi connectivity index (χ4v) is 1.44. The molecule has 7 nitrogen and oxygen atoms in total. The molecule has 1 unspecified atom stereocenters. The molecule has 0 spiro atoms. The smallest absolute Gasteiger partial charge is 0.352 e. The number of hydrogen-bond acceptors (Lipinski definition) is 7. The summed E-state index contributed by atoms with van der Waals surface area (Å²) in [6.45, 7) is 7.98. The lowest BCUT2D eigenvalue weighted by Gasteiger charge is -2.13. The molecule has 0 bridgehead atoms. The lowest BCUT2D eigenvalue weighted by molar-refractivity contribution is -0.158. The number of aromatic hydroxyl groups is 1. The number of hydrogen-bond donors (Lipinski definition) is 1. The molecule has 1 aromatic carbocycles. The molecule has 0 saturated heterocycles. The molecule has 0 aliphatic heterocycles. The van der Waals surface area contributed by atoms with Crippen LogP contribution in [0.15, 0.2) is 30.4 Å². The largest absolute Gasteiger partial charge is 0.504 e. The summed E-state index contributed by atoms with van der Waals surface area (Å²) in [5.74, 6) is -2.84. The first-order chi connectivity index (χ1) is 10.8. The fourth-order valence-electron chi connectivity index (χ4n) is 1.44. The fraction of sp³-hybridized carbons (Fsp3) is 0.312. The maximum Gasteiger partial charge on any atom is 0.352 e. The molecule has 1 rings (SSSR count). The number of rotatable bonds is 6. The highest BCUT2D eigenvalue weighted by atomic mass is 16.6. The summed E-state index contributed by atoms with van der Waals surface area (Å²) < 4.78 is 14.6. The number of carbonyl (C=O) groups excluding carboxylic acids is 3.